The highest BCUT2D eigenvalue weighted by molar-refractivity contribution is 8.03. The van der Waals surface area contributed by atoms with Gasteiger partial charge in [0.1, 0.15) is 5.76 Å². The molecule has 0 unspecified atom stereocenters. The minimum absolute atomic E-state index is 0.171. The maximum atomic E-state index is 11.4. The Hall–Kier alpha value is -1.76. The maximum Gasteiger partial charge on any atom is 0.411 e. The topological polar surface area (TPSA) is 71.6 Å². The molecule has 3 aliphatic rings. The summed E-state index contributed by atoms with van der Waals surface area (Å²) in [5, 5.41) is 9.30. The molecule has 5 nitrogen and oxygen atoms in total. The number of allylic oxidation sites excluding steroid dienone is 2. The van der Waals surface area contributed by atoms with Gasteiger partial charge in [-0.1, -0.05) is 30.0 Å². The highest BCUT2D eigenvalue weighted by Crippen LogP contribution is 2.54. The summed E-state index contributed by atoms with van der Waals surface area (Å²) in [6.07, 6.45) is 3.11. The van der Waals surface area contributed by atoms with Crippen LogP contribution in [0.4, 0.5) is 0 Å². The molecule has 1 saturated heterocycles. The molecule has 0 saturated carbocycles. The van der Waals surface area contributed by atoms with Gasteiger partial charge in [-0.2, -0.15) is 0 Å². The molecule has 0 bridgehead atoms. The summed E-state index contributed by atoms with van der Waals surface area (Å²) in [7, 11) is 0. The van der Waals surface area contributed by atoms with Crippen LogP contribution in [0, 0.1) is 0 Å². The third-order valence-electron chi connectivity index (χ3n) is 3.37. The summed E-state index contributed by atoms with van der Waals surface area (Å²) in [5.74, 6) is -1.94. The molecule has 0 atom stereocenters. The average molecular weight is 290 g/mol. The molecule has 6 heteroatoms. The summed E-state index contributed by atoms with van der Waals surface area (Å²) in [5.41, 5.74) is 0.939. The van der Waals surface area contributed by atoms with Crippen LogP contribution in [0.15, 0.2) is 51.5 Å². The molecule has 1 aromatic rings. The number of hydrogen-bond acceptors (Lipinski definition) is 5. The Morgan fingerprint density at radius 3 is 2.85 bits per heavy atom. The minimum atomic E-state index is -1.29. The Kier molecular flexibility index (Phi) is 2.47. The maximum absolute atomic E-state index is 11.4. The first-order chi connectivity index (χ1) is 9.70. The van der Waals surface area contributed by atoms with Crippen LogP contribution in [-0.2, 0) is 25.3 Å². The molecule has 1 N–H and O–H groups in total. The SMILES string of the molecule is O=C(O)C1=CCCC2=C1OC1(OO1)c1ccccc1S2. The summed E-state index contributed by atoms with van der Waals surface area (Å²) in [6, 6.07) is 7.60. The van der Waals surface area contributed by atoms with Crippen LogP contribution in [0.2, 0.25) is 0 Å². The fourth-order valence-corrected chi connectivity index (χ4v) is 3.57. The first kappa shape index (κ1) is 12.0. The van der Waals surface area contributed by atoms with Gasteiger partial charge in [-0.25, -0.2) is 4.79 Å². The number of carboxylic acid groups (broad SMARTS) is 1. The summed E-state index contributed by atoms with van der Waals surface area (Å²) < 4.78 is 5.78. The molecule has 1 aliphatic carbocycles. The van der Waals surface area contributed by atoms with Gasteiger partial charge in [0.2, 0.25) is 0 Å². The van der Waals surface area contributed by atoms with Gasteiger partial charge >= 0.3 is 11.9 Å². The van der Waals surface area contributed by atoms with E-state index >= 15 is 0 Å². The van der Waals surface area contributed by atoms with E-state index in [1.807, 2.05) is 24.3 Å². The normalized spacial score (nSPS) is 22.3. The molecule has 2 aliphatic heterocycles. The zero-order valence-corrected chi connectivity index (χ0v) is 11.1. The van der Waals surface area contributed by atoms with Crippen LogP contribution in [0.25, 0.3) is 0 Å². The molecule has 0 aromatic heterocycles. The van der Waals surface area contributed by atoms with Gasteiger partial charge in [0, 0.05) is 9.80 Å². The van der Waals surface area contributed by atoms with Gasteiger partial charge in [-0.05, 0) is 25.0 Å². The van der Waals surface area contributed by atoms with E-state index in [1.165, 1.54) is 11.8 Å². The lowest BCUT2D eigenvalue weighted by molar-refractivity contribution is -0.133. The van der Waals surface area contributed by atoms with Crippen molar-refractivity contribution in [3.8, 4) is 0 Å². The predicted molar refractivity (Wildman–Crippen MR) is 69.2 cm³/mol. The zero-order chi connectivity index (χ0) is 13.7. The quantitative estimate of drug-likeness (QED) is 0.633. The highest BCUT2D eigenvalue weighted by atomic mass is 32.2. The minimum Gasteiger partial charge on any atom is -0.478 e. The molecule has 102 valence electrons. The van der Waals surface area contributed by atoms with Crippen molar-refractivity contribution in [2.24, 2.45) is 0 Å². The first-order valence-corrected chi connectivity index (χ1v) is 7.01. The number of hydrogen-bond donors (Lipinski definition) is 1. The Labute approximate surface area is 118 Å². The molecule has 1 aromatic carbocycles. The first-order valence-electron chi connectivity index (χ1n) is 6.20. The number of rotatable bonds is 1. The van der Waals surface area contributed by atoms with Gasteiger partial charge < -0.3 is 9.84 Å². The fraction of sp³-hybridized carbons (Fsp3) is 0.214. The lowest BCUT2D eigenvalue weighted by Crippen LogP contribution is -2.18. The second-order valence-corrected chi connectivity index (χ2v) is 5.77. The molecule has 0 radical (unpaired) electrons. The van der Waals surface area contributed by atoms with Gasteiger partial charge in [-0.3, -0.25) is 0 Å². The van der Waals surface area contributed by atoms with E-state index in [2.05, 4.69) is 0 Å². The van der Waals surface area contributed by atoms with Crippen LogP contribution >= 0.6 is 11.8 Å². The molecule has 2 heterocycles. The molecule has 1 spiro atoms. The largest absolute Gasteiger partial charge is 0.478 e. The van der Waals surface area contributed by atoms with E-state index in [4.69, 9.17) is 14.5 Å². The van der Waals surface area contributed by atoms with Crippen LogP contribution in [-0.4, -0.2) is 11.1 Å². The molecular weight excluding hydrogens is 280 g/mol. The van der Waals surface area contributed by atoms with Crippen molar-refractivity contribution in [2.45, 2.75) is 23.7 Å². The van der Waals surface area contributed by atoms with Crippen molar-refractivity contribution in [3.63, 3.8) is 0 Å². The van der Waals surface area contributed by atoms with E-state index < -0.39 is 11.9 Å². The second kappa shape index (κ2) is 4.12. The molecule has 0 amide bonds. The number of aliphatic carboxylic acids is 1. The molecule has 1 fully saturated rings. The molecule has 20 heavy (non-hydrogen) atoms. The highest BCUT2D eigenvalue weighted by Gasteiger charge is 2.58. The van der Waals surface area contributed by atoms with Crippen molar-refractivity contribution in [2.75, 3.05) is 0 Å². The molecular formula is C14H10O5S. The Balaban J connectivity index is 1.85. The van der Waals surface area contributed by atoms with Crippen LogP contribution < -0.4 is 0 Å². The smallest absolute Gasteiger partial charge is 0.411 e. The van der Waals surface area contributed by atoms with Gasteiger partial charge in [-0.15, -0.1) is 9.78 Å². The number of thioether (sulfide) groups is 1. The number of fused-ring (bicyclic) bond motifs is 2. The molecule has 4 rings (SSSR count). The standard InChI is InChI=1S/C14H10O5S/c15-13(16)8-4-3-7-11-12(8)17-14(18-19-14)9-5-1-2-6-10(9)20-11/h1-2,4-6H,3,7H2,(H,15,16). The van der Waals surface area contributed by atoms with Crippen molar-refractivity contribution in [3.05, 3.63) is 52.1 Å². The Morgan fingerprint density at radius 1 is 1.30 bits per heavy atom. The lowest BCUT2D eigenvalue weighted by atomic mass is 10.0. The number of carboxylic acids is 1. The van der Waals surface area contributed by atoms with Crippen LogP contribution in [0.1, 0.15) is 18.4 Å². The lowest BCUT2D eigenvalue weighted by Gasteiger charge is -2.17. The third kappa shape index (κ3) is 1.69. The number of carbonyl (C=O) groups is 1. The van der Waals surface area contributed by atoms with Crippen LogP contribution in [0.3, 0.4) is 0 Å². The van der Waals surface area contributed by atoms with Crippen molar-refractivity contribution in [1.29, 1.82) is 0 Å². The average Bonchev–Trinajstić information content (AvgIpc) is 3.23. The van der Waals surface area contributed by atoms with E-state index in [9.17, 15) is 9.90 Å². The zero-order valence-electron chi connectivity index (χ0n) is 10.3. The summed E-state index contributed by atoms with van der Waals surface area (Å²) in [4.78, 5) is 23.3. The van der Waals surface area contributed by atoms with Gasteiger partial charge in [0.25, 0.3) is 0 Å². The van der Waals surface area contributed by atoms with Gasteiger partial charge in [0.15, 0.2) is 0 Å². The van der Waals surface area contributed by atoms with E-state index in [-0.39, 0.29) is 5.57 Å². The van der Waals surface area contributed by atoms with Crippen molar-refractivity contribution < 1.29 is 24.4 Å². The number of ether oxygens (including phenoxy) is 1. The third-order valence-corrected chi connectivity index (χ3v) is 4.58. The number of benzene rings is 1. The van der Waals surface area contributed by atoms with Crippen LogP contribution in [0.5, 0.6) is 0 Å². The Bertz CT molecular complexity index is 672. The second-order valence-electron chi connectivity index (χ2n) is 4.64. The van der Waals surface area contributed by atoms with E-state index in [0.717, 1.165) is 21.8 Å². The summed E-state index contributed by atoms with van der Waals surface area (Å²) >= 11 is 1.52. The van der Waals surface area contributed by atoms with E-state index in [0.29, 0.717) is 12.2 Å². The van der Waals surface area contributed by atoms with Crippen molar-refractivity contribution >= 4 is 17.7 Å². The van der Waals surface area contributed by atoms with Gasteiger partial charge in [0.05, 0.1) is 11.1 Å². The Morgan fingerprint density at radius 2 is 2.10 bits per heavy atom. The monoisotopic (exact) mass is 290 g/mol. The predicted octanol–water partition coefficient (Wildman–Crippen LogP) is 2.90. The van der Waals surface area contributed by atoms with Crippen molar-refractivity contribution in [1.82, 2.24) is 0 Å². The fourth-order valence-electron chi connectivity index (χ4n) is 2.39. The van der Waals surface area contributed by atoms with E-state index in [1.54, 1.807) is 6.08 Å². The summed E-state index contributed by atoms with van der Waals surface area (Å²) in [6.45, 7) is 0.